The second kappa shape index (κ2) is 5.08. The van der Waals surface area contributed by atoms with Crippen LogP contribution in [0.5, 0.6) is 0 Å². The van der Waals surface area contributed by atoms with E-state index in [1.54, 1.807) is 6.07 Å². The average Bonchev–Trinajstić information content (AvgIpc) is 2.38. The van der Waals surface area contributed by atoms with E-state index >= 15 is 0 Å². The molecule has 0 saturated carbocycles. The fourth-order valence-electron chi connectivity index (χ4n) is 1.98. The lowest BCUT2D eigenvalue weighted by Crippen LogP contribution is -2.14. The zero-order chi connectivity index (χ0) is 13.1. The molecule has 0 bridgehead atoms. The molecule has 2 aromatic carbocycles. The maximum atomic E-state index is 11.2. The molecule has 0 spiro atoms. The van der Waals surface area contributed by atoms with Crippen LogP contribution in [0.1, 0.15) is 30.6 Å². The van der Waals surface area contributed by atoms with Crippen LogP contribution in [0.2, 0.25) is 0 Å². The van der Waals surface area contributed by atoms with Crippen molar-refractivity contribution in [2.24, 2.45) is 0 Å². The number of anilines is 1. The third kappa shape index (κ3) is 2.30. The minimum atomic E-state index is -0.888. The van der Waals surface area contributed by atoms with Gasteiger partial charge >= 0.3 is 5.97 Å². The summed E-state index contributed by atoms with van der Waals surface area (Å²) in [6.07, 6.45) is 1.02. The SMILES string of the molecule is CCC(C)Nc1ccc(C(=O)O)c2ccccc12. The number of hydrogen-bond acceptors (Lipinski definition) is 2. The minimum Gasteiger partial charge on any atom is -0.478 e. The Bertz CT molecular complexity index is 578. The van der Waals surface area contributed by atoms with Gasteiger partial charge in [0.15, 0.2) is 0 Å². The molecule has 2 rings (SSSR count). The van der Waals surface area contributed by atoms with Crippen LogP contribution < -0.4 is 5.32 Å². The molecule has 0 amide bonds. The zero-order valence-electron chi connectivity index (χ0n) is 10.6. The van der Waals surface area contributed by atoms with E-state index in [0.29, 0.717) is 11.6 Å². The number of fused-ring (bicyclic) bond motifs is 1. The second-order valence-electron chi connectivity index (χ2n) is 4.47. The third-order valence-electron chi connectivity index (χ3n) is 3.17. The molecule has 3 nitrogen and oxygen atoms in total. The Morgan fingerprint density at radius 2 is 1.89 bits per heavy atom. The second-order valence-corrected chi connectivity index (χ2v) is 4.47. The highest BCUT2D eigenvalue weighted by molar-refractivity contribution is 6.07. The maximum Gasteiger partial charge on any atom is 0.336 e. The summed E-state index contributed by atoms with van der Waals surface area (Å²) in [5, 5.41) is 14.3. The van der Waals surface area contributed by atoms with Crippen molar-refractivity contribution in [1.29, 1.82) is 0 Å². The molecule has 18 heavy (non-hydrogen) atoms. The van der Waals surface area contributed by atoms with Gasteiger partial charge in [-0.2, -0.15) is 0 Å². The summed E-state index contributed by atoms with van der Waals surface area (Å²) >= 11 is 0. The van der Waals surface area contributed by atoms with Gasteiger partial charge in [-0.3, -0.25) is 0 Å². The van der Waals surface area contributed by atoms with Gasteiger partial charge in [-0.1, -0.05) is 31.2 Å². The van der Waals surface area contributed by atoms with Crippen molar-refractivity contribution in [2.45, 2.75) is 26.3 Å². The monoisotopic (exact) mass is 243 g/mol. The normalized spacial score (nSPS) is 12.3. The Morgan fingerprint density at radius 3 is 2.50 bits per heavy atom. The van der Waals surface area contributed by atoms with Gasteiger partial charge in [0.05, 0.1) is 5.56 Å². The van der Waals surface area contributed by atoms with Crippen LogP contribution >= 0.6 is 0 Å². The molecule has 2 aromatic rings. The Labute approximate surface area is 106 Å². The smallest absolute Gasteiger partial charge is 0.336 e. The van der Waals surface area contributed by atoms with Gasteiger partial charge in [-0.15, -0.1) is 0 Å². The standard InChI is InChI=1S/C15H17NO2/c1-3-10(2)16-14-9-8-13(15(17)18)11-6-4-5-7-12(11)14/h4-10,16H,3H2,1-2H3,(H,17,18). The highest BCUT2D eigenvalue weighted by atomic mass is 16.4. The number of aromatic carboxylic acids is 1. The number of benzene rings is 2. The molecule has 0 heterocycles. The van der Waals surface area contributed by atoms with E-state index in [0.717, 1.165) is 22.9 Å². The first-order valence-corrected chi connectivity index (χ1v) is 6.15. The lowest BCUT2D eigenvalue weighted by Gasteiger charge is -2.16. The van der Waals surface area contributed by atoms with Gasteiger partial charge in [0.1, 0.15) is 0 Å². The quantitative estimate of drug-likeness (QED) is 0.859. The Balaban J connectivity index is 2.57. The number of nitrogens with one attached hydrogen (secondary N) is 1. The summed E-state index contributed by atoms with van der Waals surface area (Å²) in [6.45, 7) is 4.23. The van der Waals surface area contributed by atoms with E-state index in [-0.39, 0.29) is 0 Å². The molecule has 0 aliphatic rings. The summed E-state index contributed by atoms with van der Waals surface area (Å²) in [4.78, 5) is 11.2. The Morgan fingerprint density at radius 1 is 1.22 bits per heavy atom. The molecule has 1 atom stereocenters. The molecule has 0 aliphatic heterocycles. The third-order valence-corrected chi connectivity index (χ3v) is 3.17. The van der Waals surface area contributed by atoms with Gasteiger partial charge < -0.3 is 10.4 Å². The molecule has 0 fully saturated rings. The van der Waals surface area contributed by atoms with Crippen molar-refractivity contribution in [3.05, 3.63) is 42.0 Å². The van der Waals surface area contributed by atoms with E-state index in [9.17, 15) is 9.90 Å². The summed E-state index contributed by atoms with van der Waals surface area (Å²) in [5.74, 6) is -0.888. The van der Waals surface area contributed by atoms with E-state index < -0.39 is 5.97 Å². The van der Waals surface area contributed by atoms with Crippen LogP contribution in [-0.2, 0) is 0 Å². The van der Waals surface area contributed by atoms with Crippen molar-refractivity contribution in [1.82, 2.24) is 0 Å². The molecule has 0 saturated heterocycles. The lowest BCUT2D eigenvalue weighted by atomic mass is 10.0. The Hall–Kier alpha value is -2.03. The van der Waals surface area contributed by atoms with Crippen LogP contribution in [0.4, 0.5) is 5.69 Å². The summed E-state index contributed by atoms with van der Waals surface area (Å²) < 4.78 is 0. The topological polar surface area (TPSA) is 49.3 Å². The van der Waals surface area contributed by atoms with E-state index in [2.05, 4.69) is 19.2 Å². The first-order valence-electron chi connectivity index (χ1n) is 6.15. The number of carboxylic acid groups (broad SMARTS) is 1. The molecule has 0 aliphatic carbocycles. The van der Waals surface area contributed by atoms with Crippen LogP contribution in [0.15, 0.2) is 36.4 Å². The molecule has 1 unspecified atom stereocenters. The average molecular weight is 243 g/mol. The van der Waals surface area contributed by atoms with Crippen molar-refractivity contribution in [3.63, 3.8) is 0 Å². The predicted octanol–water partition coefficient (Wildman–Crippen LogP) is 3.75. The molecule has 2 N–H and O–H groups in total. The molecule has 3 heteroatoms. The van der Waals surface area contributed by atoms with Crippen molar-refractivity contribution in [3.8, 4) is 0 Å². The lowest BCUT2D eigenvalue weighted by molar-refractivity contribution is 0.0699. The fourth-order valence-corrected chi connectivity index (χ4v) is 1.98. The van der Waals surface area contributed by atoms with Gasteiger partial charge in [0, 0.05) is 17.1 Å². The van der Waals surface area contributed by atoms with Crippen molar-refractivity contribution in [2.75, 3.05) is 5.32 Å². The predicted molar refractivity (Wildman–Crippen MR) is 74.3 cm³/mol. The highest BCUT2D eigenvalue weighted by Crippen LogP contribution is 2.27. The highest BCUT2D eigenvalue weighted by Gasteiger charge is 2.11. The summed E-state index contributed by atoms with van der Waals surface area (Å²) in [7, 11) is 0. The van der Waals surface area contributed by atoms with E-state index in [1.807, 2.05) is 30.3 Å². The first-order chi connectivity index (χ1) is 8.63. The molecule has 0 aromatic heterocycles. The van der Waals surface area contributed by atoms with Gasteiger partial charge in [0.2, 0.25) is 0 Å². The van der Waals surface area contributed by atoms with Crippen molar-refractivity contribution < 1.29 is 9.90 Å². The van der Waals surface area contributed by atoms with Crippen molar-refractivity contribution >= 4 is 22.4 Å². The maximum absolute atomic E-state index is 11.2. The van der Waals surface area contributed by atoms with Crippen LogP contribution in [-0.4, -0.2) is 17.1 Å². The van der Waals surface area contributed by atoms with Gasteiger partial charge in [-0.25, -0.2) is 4.79 Å². The van der Waals surface area contributed by atoms with E-state index in [1.165, 1.54) is 0 Å². The number of rotatable bonds is 4. The van der Waals surface area contributed by atoms with Crippen LogP contribution in [0.25, 0.3) is 10.8 Å². The summed E-state index contributed by atoms with van der Waals surface area (Å²) in [5.41, 5.74) is 1.34. The van der Waals surface area contributed by atoms with Gasteiger partial charge in [0.25, 0.3) is 0 Å². The molecule has 94 valence electrons. The zero-order valence-corrected chi connectivity index (χ0v) is 10.6. The first kappa shape index (κ1) is 12.4. The number of hydrogen-bond donors (Lipinski definition) is 2. The molecular weight excluding hydrogens is 226 g/mol. The largest absolute Gasteiger partial charge is 0.478 e. The fraction of sp³-hybridized carbons (Fsp3) is 0.267. The summed E-state index contributed by atoms with van der Waals surface area (Å²) in [6, 6.07) is 11.5. The number of carbonyl (C=O) groups is 1. The van der Waals surface area contributed by atoms with E-state index in [4.69, 9.17) is 0 Å². The van der Waals surface area contributed by atoms with Crippen LogP contribution in [0.3, 0.4) is 0 Å². The van der Waals surface area contributed by atoms with Gasteiger partial charge in [-0.05, 0) is 30.9 Å². The molecule has 0 radical (unpaired) electrons. The number of carboxylic acids is 1. The Kier molecular flexibility index (Phi) is 3.51. The van der Waals surface area contributed by atoms with Crippen LogP contribution in [0, 0.1) is 0 Å². The molecular formula is C15H17NO2. The minimum absolute atomic E-state index is 0.348.